The number of esters is 2. The SMILES string of the molecule is CCCCCCCCCCCCCC(=O)OC1CC(N=[N+]=[N-])CC(OC(=O)CCCCCCCCCCCCC)C1. The predicted octanol–water partition coefficient (Wildman–Crippen LogP) is 11.1. The van der Waals surface area contributed by atoms with Crippen molar-refractivity contribution in [2.75, 3.05) is 0 Å². The van der Waals surface area contributed by atoms with Crippen molar-refractivity contribution in [2.24, 2.45) is 5.11 Å². The largest absolute Gasteiger partial charge is 0.462 e. The van der Waals surface area contributed by atoms with E-state index in [1.165, 1.54) is 116 Å². The van der Waals surface area contributed by atoms with E-state index in [1.54, 1.807) is 0 Å². The second-order valence-corrected chi connectivity index (χ2v) is 12.4. The van der Waals surface area contributed by atoms with E-state index < -0.39 is 0 Å². The molecule has 2 unspecified atom stereocenters. The molecular weight excluding hydrogens is 514 g/mol. The molecular formula is C34H63N3O4. The maximum atomic E-state index is 12.5. The Morgan fingerprint density at radius 2 is 0.878 bits per heavy atom. The third-order valence-electron chi connectivity index (χ3n) is 8.38. The zero-order valence-electron chi connectivity index (χ0n) is 26.8. The molecule has 0 bridgehead atoms. The quantitative estimate of drug-likeness (QED) is 0.0318. The Bertz CT molecular complexity index is 647. The summed E-state index contributed by atoms with van der Waals surface area (Å²) >= 11 is 0. The minimum Gasteiger partial charge on any atom is -0.462 e. The van der Waals surface area contributed by atoms with Gasteiger partial charge in [0.2, 0.25) is 0 Å². The average Bonchev–Trinajstić information content (AvgIpc) is 2.94. The highest BCUT2D eigenvalue weighted by Gasteiger charge is 2.32. The summed E-state index contributed by atoms with van der Waals surface area (Å²) in [6, 6.07) is -0.312. The summed E-state index contributed by atoms with van der Waals surface area (Å²) in [5.41, 5.74) is 8.94. The summed E-state index contributed by atoms with van der Waals surface area (Å²) in [4.78, 5) is 27.9. The Kier molecular flexibility index (Phi) is 24.6. The van der Waals surface area contributed by atoms with Crippen LogP contribution in [0.5, 0.6) is 0 Å². The van der Waals surface area contributed by atoms with Crippen molar-refractivity contribution in [3.05, 3.63) is 10.4 Å². The molecule has 1 saturated carbocycles. The van der Waals surface area contributed by atoms with Gasteiger partial charge in [-0.3, -0.25) is 9.59 Å². The van der Waals surface area contributed by atoms with Gasteiger partial charge in [0, 0.05) is 30.2 Å². The van der Waals surface area contributed by atoms with E-state index >= 15 is 0 Å². The minimum atomic E-state index is -0.362. The van der Waals surface area contributed by atoms with Crippen molar-refractivity contribution in [3.63, 3.8) is 0 Å². The Morgan fingerprint density at radius 3 is 1.20 bits per heavy atom. The zero-order chi connectivity index (χ0) is 29.8. The van der Waals surface area contributed by atoms with Crippen LogP contribution in [0.2, 0.25) is 0 Å². The molecule has 1 aliphatic carbocycles. The van der Waals surface area contributed by atoms with E-state index in [0.29, 0.717) is 32.1 Å². The standard InChI is InChI=1S/C34H63N3O4/c1-3-5-7-9-11-13-15-17-19-21-23-25-33(38)40-31-27-30(36-37-35)28-32(29-31)41-34(39)26-24-22-20-18-16-14-12-10-8-6-4-2/h30-32H,3-29H2,1-2H3. The van der Waals surface area contributed by atoms with Crippen LogP contribution >= 0.6 is 0 Å². The molecule has 1 aliphatic rings. The van der Waals surface area contributed by atoms with Crippen LogP contribution in [0.4, 0.5) is 0 Å². The van der Waals surface area contributed by atoms with Crippen LogP contribution in [-0.2, 0) is 19.1 Å². The fourth-order valence-corrected chi connectivity index (χ4v) is 5.91. The molecule has 0 aromatic rings. The Morgan fingerprint density at radius 1 is 0.561 bits per heavy atom. The summed E-state index contributed by atoms with van der Waals surface area (Å²) in [7, 11) is 0. The second-order valence-electron chi connectivity index (χ2n) is 12.4. The summed E-state index contributed by atoms with van der Waals surface area (Å²) in [5.74, 6) is -0.392. The molecule has 2 atom stereocenters. The lowest BCUT2D eigenvalue weighted by molar-refractivity contribution is -0.159. The maximum Gasteiger partial charge on any atom is 0.306 e. The van der Waals surface area contributed by atoms with Crippen molar-refractivity contribution in [1.82, 2.24) is 0 Å². The predicted molar refractivity (Wildman–Crippen MR) is 169 cm³/mol. The van der Waals surface area contributed by atoms with Crippen molar-refractivity contribution in [2.45, 2.75) is 205 Å². The molecule has 1 fully saturated rings. The first kappa shape index (κ1) is 37.3. The number of rotatable bonds is 27. The highest BCUT2D eigenvalue weighted by Crippen LogP contribution is 2.27. The number of carbonyl (C=O) groups excluding carboxylic acids is 2. The van der Waals surface area contributed by atoms with Crippen molar-refractivity contribution in [1.29, 1.82) is 0 Å². The van der Waals surface area contributed by atoms with Crippen molar-refractivity contribution >= 4 is 11.9 Å². The molecule has 0 radical (unpaired) electrons. The van der Waals surface area contributed by atoms with Gasteiger partial charge in [-0.05, 0) is 31.2 Å². The molecule has 0 amide bonds. The molecule has 238 valence electrons. The Hall–Kier alpha value is -1.75. The van der Waals surface area contributed by atoms with Crippen LogP contribution in [0, 0.1) is 0 Å². The van der Waals surface area contributed by atoms with Gasteiger partial charge in [0.15, 0.2) is 0 Å². The summed E-state index contributed by atoms with van der Waals surface area (Å²) < 4.78 is 11.5. The molecule has 1 rings (SSSR count). The number of ether oxygens (including phenoxy) is 2. The van der Waals surface area contributed by atoms with Gasteiger partial charge >= 0.3 is 11.9 Å². The second kappa shape index (κ2) is 27.1. The molecule has 0 aliphatic heterocycles. The van der Waals surface area contributed by atoms with Gasteiger partial charge in [-0.1, -0.05) is 147 Å². The van der Waals surface area contributed by atoms with Gasteiger partial charge in [-0.2, -0.15) is 0 Å². The molecule has 41 heavy (non-hydrogen) atoms. The van der Waals surface area contributed by atoms with Crippen LogP contribution in [0.25, 0.3) is 10.4 Å². The van der Waals surface area contributed by atoms with Gasteiger partial charge in [-0.15, -0.1) is 0 Å². The van der Waals surface area contributed by atoms with E-state index in [2.05, 4.69) is 23.9 Å². The van der Waals surface area contributed by atoms with Gasteiger partial charge in [-0.25, -0.2) is 0 Å². The normalized spacial score (nSPS) is 18.5. The third-order valence-corrected chi connectivity index (χ3v) is 8.38. The third kappa shape index (κ3) is 22.5. The van der Waals surface area contributed by atoms with E-state index in [-0.39, 0.29) is 30.2 Å². The minimum absolute atomic E-state index is 0.196. The van der Waals surface area contributed by atoms with Gasteiger partial charge in [0.1, 0.15) is 12.2 Å². The monoisotopic (exact) mass is 577 g/mol. The lowest BCUT2D eigenvalue weighted by Gasteiger charge is -2.32. The number of nitrogens with zero attached hydrogens (tertiary/aromatic N) is 3. The Balaban J connectivity index is 2.16. The molecule has 0 aromatic heterocycles. The smallest absolute Gasteiger partial charge is 0.306 e. The first-order chi connectivity index (χ1) is 20.1. The van der Waals surface area contributed by atoms with Gasteiger partial charge in [0.25, 0.3) is 0 Å². The fraction of sp³-hybridized carbons (Fsp3) is 0.941. The van der Waals surface area contributed by atoms with Crippen LogP contribution in [0.15, 0.2) is 5.11 Å². The number of hydrogen-bond acceptors (Lipinski definition) is 5. The van der Waals surface area contributed by atoms with E-state index in [4.69, 9.17) is 15.0 Å². The summed E-state index contributed by atoms with van der Waals surface area (Å²) in [5, 5.41) is 3.86. The van der Waals surface area contributed by atoms with E-state index in [0.717, 1.165) is 25.7 Å². The molecule has 7 heteroatoms. The average molecular weight is 578 g/mol. The van der Waals surface area contributed by atoms with Crippen LogP contribution < -0.4 is 0 Å². The maximum absolute atomic E-state index is 12.5. The molecule has 0 saturated heterocycles. The topological polar surface area (TPSA) is 101 Å². The molecule has 0 aromatic carbocycles. The molecule has 0 heterocycles. The van der Waals surface area contributed by atoms with Crippen molar-refractivity contribution < 1.29 is 19.1 Å². The highest BCUT2D eigenvalue weighted by atomic mass is 16.6. The first-order valence-corrected chi connectivity index (χ1v) is 17.5. The van der Waals surface area contributed by atoms with E-state index in [1.807, 2.05) is 0 Å². The summed E-state index contributed by atoms with van der Waals surface area (Å²) in [6.45, 7) is 4.50. The molecule has 0 spiro atoms. The zero-order valence-corrected chi connectivity index (χ0v) is 26.8. The first-order valence-electron chi connectivity index (χ1n) is 17.5. The number of carbonyl (C=O) groups is 2. The number of azide groups is 1. The van der Waals surface area contributed by atoms with Crippen molar-refractivity contribution in [3.8, 4) is 0 Å². The van der Waals surface area contributed by atoms with Gasteiger partial charge in [0.05, 0.1) is 0 Å². The molecule has 7 nitrogen and oxygen atoms in total. The molecule has 0 N–H and O–H groups in total. The van der Waals surface area contributed by atoms with Crippen LogP contribution in [0.3, 0.4) is 0 Å². The Labute approximate surface area is 251 Å². The lowest BCUT2D eigenvalue weighted by Crippen LogP contribution is -2.37. The van der Waals surface area contributed by atoms with Gasteiger partial charge < -0.3 is 9.47 Å². The highest BCUT2D eigenvalue weighted by molar-refractivity contribution is 5.70. The fourth-order valence-electron chi connectivity index (χ4n) is 5.91. The lowest BCUT2D eigenvalue weighted by atomic mass is 9.90. The van der Waals surface area contributed by atoms with E-state index in [9.17, 15) is 9.59 Å². The number of hydrogen-bond donors (Lipinski definition) is 0. The van der Waals surface area contributed by atoms with Crippen LogP contribution in [-0.4, -0.2) is 30.2 Å². The van der Waals surface area contributed by atoms with Crippen LogP contribution in [0.1, 0.15) is 187 Å². The summed E-state index contributed by atoms with van der Waals surface area (Å²) in [6.07, 6.45) is 28.9. The number of unbranched alkanes of at least 4 members (excludes halogenated alkanes) is 20.